The minimum Gasteiger partial charge on any atom is -0.497 e. The number of benzene rings is 3. The van der Waals surface area contributed by atoms with E-state index in [0.29, 0.717) is 5.75 Å². The second-order valence-corrected chi connectivity index (χ2v) is 11.1. The zero-order chi connectivity index (χ0) is 23.8. The van der Waals surface area contributed by atoms with Crippen LogP contribution < -0.4 is 9.04 Å². The highest BCUT2D eigenvalue weighted by Crippen LogP contribution is 2.34. The fraction of sp³-hybridized carbons (Fsp3) is 0.217. The van der Waals surface area contributed by atoms with Crippen molar-refractivity contribution in [2.75, 3.05) is 24.0 Å². The average molecular weight is 602 g/mol. The summed E-state index contributed by atoms with van der Waals surface area (Å²) < 4.78 is 63.3. The molecule has 0 radical (unpaired) electrons. The first-order valence-corrected chi connectivity index (χ1v) is 13.1. The molecule has 0 N–H and O–H groups in total. The van der Waals surface area contributed by atoms with Crippen molar-refractivity contribution in [3.05, 3.63) is 69.6 Å². The van der Waals surface area contributed by atoms with Crippen molar-refractivity contribution >= 4 is 69.4 Å². The Bertz CT molecular complexity index is 1370. The Labute approximate surface area is 207 Å². The van der Waals surface area contributed by atoms with E-state index in [9.17, 15) is 12.8 Å². The molecule has 0 saturated carbocycles. The first kappa shape index (κ1) is 24.0. The Morgan fingerprint density at radius 3 is 2.15 bits per heavy atom. The molecule has 10 heteroatoms. The summed E-state index contributed by atoms with van der Waals surface area (Å²) in [5.74, 6) is 0.389. The third kappa shape index (κ3) is 4.88. The van der Waals surface area contributed by atoms with Crippen LogP contribution in [0.15, 0.2) is 69.6 Å². The van der Waals surface area contributed by atoms with E-state index < -0.39 is 28.7 Å². The molecule has 0 amide bonds. The van der Waals surface area contributed by atoms with Gasteiger partial charge in [0.05, 0.1) is 25.9 Å². The predicted molar refractivity (Wildman–Crippen MR) is 135 cm³/mol. The van der Waals surface area contributed by atoms with Crippen LogP contribution in [0.5, 0.6) is 5.75 Å². The van der Waals surface area contributed by atoms with E-state index in [1.807, 2.05) is 41.0 Å². The number of nitrogens with zero attached hydrogens (tertiary/aromatic N) is 2. The van der Waals surface area contributed by atoms with Crippen molar-refractivity contribution in [1.82, 2.24) is 4.57 Å². The van der Waals surface area contributed by atoms with E-state index in [-0.39, 0.29) is 12.2 Å². The number of fused-ring (bicyclic) bond motifs is 3. The second kappa shape index (κ2) is 9.60. The van der Waals surface area contributed by atoms with Crippen molar-refractivity contribution in [2.45, 2.75) is 12.7 Å². The molecular formula is C23H20Br2F2N2O3S. The lowest BCUT2D eigenvalue weighted by Gasteiger charge is -2.25. The van der Waals surface area contributed by atoms with Crippen LogP contribution in [0.1, 0.15) is 0 Å². The minimum atomic E-state index is -4.36. The molecule has 1 unspecified atom stereocenters. The Hall–Kier alpha value is -2.17. The number of halogens is 4. The second-order valence-electron chi connectivity index (χ2n) is 7.48. The van der Waals surface area contributed by atoms with Gasteiger partial charge in [0.25, 0.3) is 10.0 Å². The summed E-state index contributed by atoms with van der Waals surface area (Å²) in [6.07, 6.45) is -1.61. The molecule has 1 heterocycles. The van der Waals surface area contributed by atoms with Gasteiger partial charge in [0.15, 0.2) is 0 Å². The van der Waals surface area contributed by atoms with Crippen LogP contribution in [0.4, 0.5) is 14.5 Å². The topological polar surface area (TPSA) is 51.5 Å². The quantitative estimate of drug-likeness (QED) is 0.234. The van der Waals surface area contributed by atoms with Crippen molar-refractivity contribution in [2.24, 2.45) is 0 Å². The van der Waals surface area contributed by atoms with Crippen LogP contribution in [0, 0.1) is 0 Å². The fourth-order valence-corrected chi connectivity index (χ4v) is 5.55. The third-order valence-corrected chi connectivity index (χ3v) is 7.64. The molecule has 33 heavy (non-hydrogen) atoms. The molecule has 0 spiro atoms. The van der Waals surface area contributed by atoms with Gasteiger partial charge in [-0.15, -0.1) is 0 Å². The van der Waals surface area contributed by atoms with Gasteiger partial charge in [0.1, 0.15) is 11.9 Å². The fourth-order valence-electron chi connectivity index (χ4n) is 3.89. The van der Waals surface area contributed by atoms with Gasteiger partial charge < -0.3 is 9.30 Å². The summed E-state index contributed by atoms with van der Waals surface area (Å²) in [6.45, 7) is -0.640. The summed E-state index contributed by atoms with van der Waals surface area (Å²) in [4.78, 5) is 0. The lowest BCUT2D eigenvalue weighted by molar-refractivity contribution is 0.309. The van der Waals surface area contributed by atoms with Crippen LogP contribution in [-0.4, -0.2) is 38.8 Å². The molecule has 4 aromatic rings. The summed E-state index contributed by atoms with van der Waals surface area (Å²) >= 11 is 6.97. The Morgan fingerprint density at radius 2 is 1.61 bits per heavy atom. The highest BCUT2D eigenvalue weighted by molar-refractivity contribution is 9.10. The summed E-state index contributed by atoms with van der Waals surface area (Å²) in [5, 5.41) is 1.88. The molecule has 3 aromatic carbocycles. The maximum atomic E-state index is 15.5. The van der Waals surface area contributed by atoms with Gasteiger partial charge in [0, 0.05) is 36.8 Å². The van der Waals surface area contributed by atoms with Gasteiger partial charge in [-0.2, -0.15) is 0 Å². The summed E-state index contributed by atoms with van der Waals surface area (Å²) in [6, 6.07) is 15.9. The SMILES string of the molecule is COc1cccc(N(CC(F)Cn2c3ccc(Br)cc3c3cc(Br)ccc32)S(=O)(=O)CF)c1. The predicted octanol–water partition coefficient (Wildman–Crippen LogP) is 6.43. The Balaban J connectivity index is 1.72. The third-order valence-electron chi connectivity index (χ3n) is 5.35. The van der Waals surface area contributed by atoms with Crippen molar-refractivity contribution in [3.63, 3.8) is 0 Å². The van der Waals surface area contributed by atoms with E-state index in [4.69, 9.17) is 4.74 Å². The van der Waals surface area contributed by atoms with Crippen molar-refractivity contribution in [1.29, 1.82) is 0 Å². The van der Waals surface area contributed by atoms with Gasteiger partial charge in [0.2, 0.25) is 6.01 Å². The number of alkyl halides is 2. The van der Waals surface area contributed by atoms with Crippen LogP contribution in [0.2, 0.25) is 0 Å². The van der Waals surface area contributed by atoms with Gasteiger partial charge >= 0.3 is 0 Å². The van der Waals surface area contributed by atoms with E-state index in [1.165, 1.54) is 19.2 Å². The van der Waals surface area contributed by atoms with E-state index in [2.05, 4.69) is 31.9 Å². The lowest BCUT2D eigenvalue weighted by atomic mass is 10.2. The molecule has 0 bridgehead atoms. The molecule has 0 saturated heterocycles. The molecule has 174 valence electrons. The summed E-state index contributed by atoms with van der Waals surface area (Å²) in [5.41, 5.74) is 1.77. The number of ether oxygens (including phenoxy) is 1. The Morgan fingerprint density at radius 1 is 1.00 bits per heavy atom. The number of anilines is 1. The number of rotatable bonds is 8. The smallest absolute Gasteiger partial charge is 0.264 e. The first-order valence-electron chi connectivity index (χ1n) is 9.95. The average Bonchev–Trinajstić information content (AvgIpc) is 3.09. The van der Waals surface area contributed by atoms with Crippen LogP contribution >= 0.6 is 31.9 Å². The molecule has 0 aliphatic rings. The zero-order valence-electron chi connectivity index (χ0n) is 17.5. The van der Waals surface area contributed by atoms with Crippen molar-refractivity contribution in [3.8, 4) is 5.75 Å². The highest BCUT2D eigenvalue weighted by Gasteiger charge is 2.27. The summed E-state index contributed by atoms with van der Waals surface area (Å²) in [7, 11) is -2.92. The maximum absolute atomic E-state index is 15.5. The number of methoxy groups -OCH3 is 1. The molecule has 5 nitrogen and oxygen atoms in total. The Kier molecular flexibility index (Phi) is 6.97. The number of sulfonamides is 1. The standard InChI is InChI=1S/C23H20Br2F2N2O3S/c1-32-19-4-2-3-18(11-19)29(33(30,31)14-26)13-17(27)12-28-22-7-5-15(24)9-20(22)21-10-16(25)6-8-23(21)28/h2-11,17H,12-14H2,1H3. The normalized spacial score (nSPS) is 12.9. The monoisotopic (exact) mass is 600 g/mol. The molecule has 0 aliphatic carbocycles. The van der Waals surface area contributed by atoms with E-state index >= 15 is 4.39 Å². The van der Waals surface area contributed by atoms with Crippen molar-refractivity contribution < 1.29 is 21.9 Å². The largest absolute Gasteiger partial charge is 0.497 e. The first-order chi connectivity index (χ1) is 15.7. The zero-order valence-corrected chi connectivity index (χ0v) is 21.5. The van der Waals surface area contributed by atoms with E-state index in [0.717, 1.165) is 35.1 Å². The maximum Gasteiger partial charge on any atom is 0.264 e. The molecule has 4 rings (SSSR count). The number of hydrogen-bond donors (Lipinski definition) is 0. The van der Waals surface area contributed by atoms with Crippen LogP contribution in [0.3, 0.4) is 0 Å². The van der Waals surface area contributed by atoms with Gasteiger partial charge in [-0.3, -0.25) is 4.31 Å². The molecule has 0 aliphatic heterocycles. The molecule has 1 atom stereocenters. The van der Waals surface area contributed by atoms with Gasteiger partial charge in [-0.05, 0) is 48.5 Å². The van der Waals surface area contributed by atoms with E-state index in [1.54, 1.807) is 12.1 Å². The minimum absolute atomic E-state index is 0.106. The molecule has 1 aromatic heterocycles. The van der Waals surface area contributed by atoms with Gasteiger partial charge in [-0.25, -0.2) is 17.2 Å². The van der Waals surface area contributed by atoms with Gasteiger partial charge in [-0.1, -0.05) is 37.9 Å². The van der Waals surface area contributed by atoms with Crippen LogP contribution in [-0.2, 0) is 16.6 Å². The molecule has 0 fully saturated rings. The number of hydrogen-bond acceptors (Lipinski definition) is 3. The molecular weight excluding hydrogens is 582 g/mol. The number of aromatic nitrogens is 1. The highest BCUT2D eigenvalue weighted by atomic mass is 79.9. The lowest BCUT2D eigenvalue weighted by Crippen LogP contribution is -2.38. The van der Waals surface area contributed by atoms with Crippen LogP contribution in [0.25, 0.3) is 21.8 Å².